The lowest BCUT2D eigenvalue weighted by molar-refractivity contribution is -0.138. The van der Waals surface area contributed by atoms with Crippen molar-refractivity contribution in [2.24, 2.45) is 0 Å². The average molecular weight is 219 g/mol. The van der Waals surface area contributed by atoms with E-state index in [1.54, 1.807) is 0 Å². The van der Waals surface area contributed by atoms with Gasteiger partial charge in [0.1, 0.15) is 0 Å². The third-order valence-corrected chi connectivity index (χ3v) is 3.13. The van der Waals surface area contributed by atoms with Gasteiger partial charge in [0.2, 0.25) is 0 Å². The lowest BCUT2D eigenvalue weighted by Gasteiger charge is -2.23. The van der Waals surface area contributed by atoms with E-state index in [9.17, 15) is 4.79 Å². The van der Waals surface area contributed by atoms with Gasteiger partial charge < -0.3 is 5.11 Å². The van der Waals surface area contributed by atoms with Crippen LogP contribution in [0, 0.1) is 6.92 Å². The monoisotopic (exact) mass is 219 g/mol. The molecular formula is C13H17NO2. The Morgan fingerprint density at radius 3 is 3.06 bits per heavy atom. The normalized spacial score (nSPS) is 21.2. The molecule has 0 amide bonds. The average Bonchev–Trinajstić information content (AvgIpc) is 2.65. The Hall–Kier alpha value is -1.35. The fraction of sp³-hybridized carbons (Fsp3) is 0.462. The third kappa shape index (κ3) is 2.42. The van der Waals surface area contributed by atoms with E-state index in [-0.39, 0.29) is 12.6 Å². The molecule has 2 rings (SSSR count). The molecule has 16 heavy (non-hydrogen) atoms. The van der Waals surface area contributed by atoms with Crippen LogP contribution in [-0.2, 0) is 4.79 Å². The Morgan fingerprint density at radius 1 is 1.56 bits per heavy atom. The summed E-state index contributed by atoms with van der Waals surface area (Å²) in [5.41, 5.74) is 2.48. The van der Waals surface area contributed by atoms with E-state index in [2.05, 4.69) is 30.0 Å². The quantitative estimate of drug-likeness (QED) is 0.847. The second-order valence-electron chi connectivity index (χ2n) is 4.44. The molecule has 0 aromatic heterocycles. The number of benzene rings is 1. The van der Waals surface area contributed by atoms with Crippen molar-refractivity contribution >= 4 is 5.97 Å². The molecule has 0 bridgehead atoms. The van der Waals surface area contributed by atoms with E-state index in [1.807, 2.05) is 6.07 Å². The smallest absolute Gasteiger partial charge is 0.317 e. The van der Waals surface area contributed by atoms with Gasteiger partial charge in [0.15, 0.2) is 0 Å². The summed E-state index contributed by atoms with van der Waals surface area (Å²) in [7, 11) is 0. The van der Waals surface area contributed by atoms with Crippen LogP contribution in [0.15, 0.2) is 24.3 Å². The van der Waals surface area contributed by atoms with E-state index < -0.39 is 5.97 Å². The molecular weight excluding hydrogens is 202 g/mol. The summed E-state index contributed by atoms with van der Waals surface area (Å²) in [6.07, 6.45) is 2.16. The maximum atomic E-state index is 10.8. The molecule has 1 aromatic rings. The largest absolute Gasteiger partial charge is 0.480 e. The van der Waals surface area contributed by atoms with Crippen LogP contribution < -0.4 is 0 Å². The molecule has 1 N–H and O–H groups in total. The number of carbonyl (C=O) groups is 1. The molecule has 1 heterocycles. The van der Waals surface area contributed by atoms with E-state index in [1.165, 1.54) is 11.1 Å². The zero-order valence-corrected chi connectivity index (χ0v) is 9.52. The number of hydrogen-bond acceptors (Lipinski definition) is 2. The molecule has 1 aromatic carbocycles. The van der Waals surface area contributed by atoms with Gasteiger partial charge in [-0.25, -0.2) is 0 Å². The summed E-state index contributed by atoms with van der Waals surface area (Å²) >= 11 is 0. The number of rotatable bonds is 3. The number of hydrogen-bond donors (Lipinski definition) is 1. The van der Waals surface area contributed by atoms with E-state index in [4.69, 9.17) is 5.11 Å². The van der Waals surface area contributed by atoms with Crippen LogP contribution in [0.4, 0.5) is 0 Å². The van der Waals surface area contributed by atoms with Crippen LogP contribution in [-0.4, -0.2) is 29.1 Å². The predicted octanol–water partition coefficient (Wildman–Crippen LogP) is 2.22. The minimum Gasteiger partial charge on any atom is -0.480 e. The molecule has 3 nitrogen and oxygen atoms in total. The summed E-state index contributed by atoms with van der Waals surface area (Å²) in [6.45, 7) is 3.11. The van der Waals surface area contributed by atoms with Crippen LogP contribution in [0.3, 0.4) is 0 Å². The van der Waals surface area contributed by atoms with Crippen LogP contribution in [0.5, 0.6) is 0 Å². The summed E-state index contributed by atoms with van der Waals surface area (Å²) in [5.74, 6) is -0.737. The Morgan fingerprint density at radius 2 is 2.38 bits per heavy atom. The molecule has 0 spiro atoms. The Balaban J connectivity index is 2.16. The van der Waals surface area contributed by atoms with Crippen molar-refractivity contribution in [2.45, 2.75) is 25.8 Å². The van der Waals surface area contributed by atoms with Crippen molar-refractivity contribution in [3.05, 3.63) is 35.4 Å². The van der Waals surface area contributed by atoms with Crippen LogP contribution in [0.25, 0.3) is 0 Å². The Kier molecular flexibility index (Phi) is 3.25. The first-order chi connectivity index (χ1) is 7.66. The zero-order chi connectivity index (χ0) is 11.5. The number of carboxylic acids is 1. The standard InChI is InChI=1S/C13H17NO2/c1-10-4-2-5-11(8-10)12-6-3-7-14(12)9-13(15)16/h2,4-5,8,12H,3,6-7,9H2,1H3,(H,15,16)/t12-/m0/s1. The second kappa shape index (κ2) is 4.66. The summed E-state index contributed by atoms with van der Waals surface area (Å²) in [4.78, 5) is 12.8. The van der Waals surface area contributed by atoms with Gasteiger partial charge in [-0.1, -0.05) is 29.8 Å². The predicted molar refractivity (Wildman–Crippen MR) is 62.4 cm³/mol. The van der Waals surface area contributed by atoms with Gasteiger partial charge in [0.25, 0.3) is 0 Å². The van der Waals surface area contributed by atoms with Gasteiger partial charge in [-0.3, -0.25) is 9.69 Å². The highest BCUT2D eigenvalue weighted by atomic mass is 16.4. The second-order valence-corrected chi connectivity index (χ2v) is 4.44. The first-order valence-corrected chi connectivity index (χ1v) is 5.69. The minimum atomic E-state index is -0.737. The molecule has 1 atom stereocenters. The number of aliphatic carboxylic acids is 1. The Labute approximate surface area is 95.7 Å². The number of likely N-dealkylation sites (tertiary alicyclic amines) is 1. The van der Waals surface area contributed by atoms with Gasteiger partial charge in [0.05, 0.1) is 6.54 Å². The SMILES string of the molecule is Cc1cccc([C@@H]2CCCN2CC(=O)O)c1. The molecule has 0 unspecified atom stereocenters. The molecule has 0 aliphatic carbocycles. The molecule has 0 radical (unpaired) electrons. The van der Waals surface area contributed by atoms with Crippen molar-refractivity contribution in [1.82, 2.24) is 4.90 Å². The maximum absolute atomic E-state index is 10.8. The highest BCUT2D eigenvalue weighted by Gasteiger charge is 2.27. The molecule has 1 aliphatic heterocycles. The first kappa shape index (κ1) is 11.1. The topological polar surface area (TPSA) is 40.5 Å². The van der Waals surface area contributed by atoms with Crippen LogP contribution in [0.2, 0.25) is 0 Å². The molecule has 86 valence electrons. The fourth-order valence-corrected chi connectivity index (χ4v) is 2.44. The van der Waals surface area contributed by atoms with Crippen LogP contribution in [0.1, 0.15) is 30.0 Å². The van der Waals surface area contributed by atoms with Gasteiger partial charge in [0, 0.05) is 6.04 Å². The van der Waals surface area contributed by atoms with Gasteiger partial charge >= 0.3 is 5.97 Å². The number of carboxylic acid groups (broad SMARTS) is 1. The molecule has 1 aliphatic rings. The molecule has 1 saturated heterocycles. The summed E-state index contributed by atoms with van der Waals surface area (Å²) < 4.78 is 0. The highest BCUT2D eigenvalue weighted by Crippen LogP contribution is 2.31. The number of nitrogens with zero attached hydrogens (tertiary/aromatic N) is 1. The molecule has 0 saturated carbocycles. The van der Waals surface area contributed by atoms with Crippen molar-refractivity contribution in [3.8, 4) is 0 Å². The summed E-state index contributed by atoms with van der Waals surface area (Å²) in [5, 5.41) is 8.85. The third-order valence-electron chi connectivity index (χ3n) is 3.13. The number of aryl methyl sites for hydroxylation is 1. The Bertz CT molecular complexity index is 389. The molecule has 3 heteroatoms. The first-order valence-electron chi connectivity index (χ1n) is 5.69. The van der Waals surface area contributed by atoms with Gasteiger partial charge in [-0.05, 0) is 31.9 Å². The van der Waals surface area contributed by atoms with Crippen molar-refractivity contribution < 1.29 is 9.90 Å². The minimum absolute atomic E-state index is 0.151. The van der Waals surface area contributed by atoms with Crippen LogP contribution >= 0.6 is 0 Å². The lowest BCUT2D eigenvalue weighted by atomic mass is 10.0. The van der Waals surface area contributed by atoms with Crippen molar-refractivity contribution in [1.29, 1.82) is 0 Å². The summed E-state index contributed by atoms with van der Waals surface area (Å²) in [6, 6.07) is 8.65. The molecule has 1 fully saturated rings. The fourth-order valence-electron chi connectivity index (χ4n) is 2.44. The van der Waals surface area contributed by atoms with Gasteiger partial charge in [-0.2, -0.15) is 0 Å². The highest BCUT2D eigenvalue weighted by molar-refractivity contribution is 5.69. The zero-order valence-electron chi connectivity index (χ0n) is 9.52. The van der Waals surface area contributed by atoms with E-state index in [0.29, 0.717) is 0 Å². The van der Waals surface area contributed by atoms with E-state index >= 15 is 0 Å². The van der Waals surface area contributed by atoms with E-state index in [0.717, 1.165) is 19.4 Å². The van der Waals surface area contributed by atoms with Crippen molar-refractivity contribution in [3.63, 3.8) is 0 Å². The van der Waals surface area contributed by atoms with Gasteiger partial charge in [-0.15, -0.1) is 0 Å². The maximum Gasteiger partial charge on any atom is 0.317 e. The van der Waals surface area contributed by atoms with Crippen molar-refractivity contribution in [2.75, 3.05) is 13.1 Å². The lowest BCUT2D eigenvalue weighted by Crippen LogP contribution is -2.29.